The topological polar surface area (TPSA) is 30.0 Å². The summed E-state index contributed by atoms with van der Waals surface area (Å²) in [5, 5.41) is 0.130. The lowest BCUT2D eigenvalue weighted by molar-refractivity contribution is 0.0935. The number of nitrogens with zero attached hydrogens (tertiary/aromatic N) is 1. The van der Waals surface area contributed by atoms with E-state index in [0.29, 0.717) is 0 Å². The van der Waals surface area contributed by atoms with Crippen LogP contribution in [0.5, 0.6) is 0 Å². The minimum Gasteiger partial charge on any atom is -0.294 e. The fourth-order valence-electron chi connectivity index (χ4n) is 0.913. The van der Waals surface area contributed by atoms with Gasteiger partial charge in [-0.3, -0.25) is 4.79 Å². The fourth-order valence-corrected chi connectivity index (χ4v) is 1.07. The standard InChI is InChI=1S/C9H9ClFNO/c1-5(2)9(13)6-3-8(10)12-4-7(6)11/h3-5H,1-2H3. The number of ketones is 1. The van der Waals surface area contributed by atoms with Crippen LogP contribution < -0.4 is 0 Å². The Balaban J connectivity index is 3.13. The molecule has 0 amide bonds. The minimum absolute atomic E-state index is 0.00926. The van der Waals surface area contributed by atoms with Crippen LogP contribution >= 0.6 is 11.6 Å². The van der Waals surface area contributed by atoms with Gasteiger partial charge < -0.3 is 0 Å². The molecule has 0 N–H and O–H groups in total. The third-order valence-corrected chi connectivity index (χ3v) is 1.82. The van der Waals surface area contributed by atoms with Crippen LogP contribution in [0.1, 0.15) is 24.2 Å². The summed E-state index contributed by atoms with van der Waals surface area (Å²) < 4.78 is 13.0. The molecule has 0 unspecified atom stereocenters. The highest BCUT2D eigenvalue weighted by Gasteiger charge is 2.15. The molecular weight excluding hydrogens is 193 g/mol. The number of carbonyl (C=O) groups is 1. The average molecular weight is 202 g/mol. The largest absolute Gasteiger partial charge is 0.294 e. The number of aromatic nitrogens is 1. The SMILES string of the molecule is CC(C)C(=O)c1cc(Cl)ncc1F. The number of rotatable bonds is 2. The molecule has 0 bridgehead atoms. The van der Waals surface area contributed by atoms with Gasteiger partial charge in [0.25, 0.3) is 0 Å². The molecule has 0 aliphatic heterocycles. The summed E-state index contributed by atoms with van der Waals surface area (Å²) in [6.07, 6.45) is 0.956. The number of Topliss-reactive ketones (excluding diaryl/α,β-unsaturated/α-hetero) is 1. The van der Waals surface area contributed by atoms with E-state index in [1.165, 1.54) is 6.07 Å². The van der Waals surface area contributed by atoms with Gasteiger partial charge in [0, 0.05) is 5.92 Å². The zero-order valence-electron chi connectivity index (χ0n) is 7.34. The molecule has 1 heterocycles. The van der Waals surface area contributed by atoms with Gasteiger partial charge in [-0.2, -0.15) is 0 Å². The quantitative estimate of drug-likeness (QED) is 0.544. The monoisotopic (exact) mass is 201 g/mol. The van der Waals surface area contributed by atoms with Crippen LogP contribution in [0.15, 0.2) is 12.3 Å². The van der Waals surface area contributed by atoms with Crippen LogP contribution in [-0.2, 0) is 0 Å². The van der Waals surface area contributed by atoms with Gasteiger partial charge in [0.2, 0.25) is 0 Å². The maximum absolute atomic E-state index is 13.0. The Morgan fingerprint density at radius 1 is 1.62 bits per heavy atom. The van der Waals surface area contributed by atoms with Gasteiger partial charge in [0.05, 0.1) is 11.8 Å². The number of carbonyl (C=O) groups excluding carboxylic acids is 1. The molecule has 0 spiro atoms. The van der Waals surface area contributed by atoms with Crippen LogP contribution in [0.4, 0.5) is 4.39 Å². The van der Waals surface area contributed by atoms with Gasteiger partial charge in [-0.05, 0) is 6.07 Å². The highest BCUT2D eigenvalue weighted by Crippen LogP contribution is 2.15. The zero-order chi connectivity index (χ0) is 10.0. The summed E-state index contributed by atoms with van der Waals surface area (Å²) in [6.45, 7) is 3.41. The van der Waals surface area contributed by atoms with Crippen molar-refractivity contribution >= 4 is 17.4 Å². The molecule has 13 heavy (non-hydrogen) atoms. The molecule has 0 atom stereocenters. The molecule has 1 rings (SSSR count). The second kappa shape index (κ2) is 3.83. The summed E-state index contributed by atoms with van der Waals surface area (Å²) >= 11 is 5.54. The normalized spacial score (nSPS) is 10.5. The summed E-state index contributed by atoms with van der Waals surface area (Å²) in [4.78, 5) is 14.9. The molecule has 0 aromatic carbocycles. The number of hydrogen-bond donors (Lipinski definition) is 0. The van der Waals surface area contributed by atoms with E-state index in [4.69, 9.17) is 11.6 Å². The third kappa shape index (κ3) is 2.25. The molecule has 4 heteroatoms. The van der Waals surface area contributed by atoms with Crippen molar-refractivity contribution in [2.45, 2.75) is 13.8 Å². The Kier molecular flexibility index (Phi) is 2.98. The molecule has 0 fully saturated rings. The average Bonchev–Trinajstić information content (AvgIpc) is 2.08. The van der Waals surface area contributed by atoms with Crippen LogP contribution in [-0.4, -0.2) is 10.8 Å². The fraction of sp³-hybridized carbons (Fsp3) is 0.333. The highest BCUT2D eigenvalue weighted by molar-refractivity contribution is 6.29. The Morgan fingerprint density at radius 2 is 2.23 bits per heavy atom. The Labute approximate surface area is 80.7 Å². The zero-order valence-corrected chi connectivity index (χ0v) is 8.10. The van der Waals surface area contributed by atoms with Crippen molar-refractivity contribution in [1.82, 2.24) is 4.98 Å². The predicted molar refractivity (Wildman–Crippen MR) is 48.4 cm³/mol. The number of pyridine rings is 1. The van der Waals surface area contributed by atoms with Gasteiger partial charge in [-0.25, -0.2) is 9.37 Å². The minimum atomic E-state index is -0.622. The van der Waals surface area contributed by atoms with E-state index in [0.717, 1.165) is 6.20 Å². The molecule has 2 nitrogen and oxygen atoms in total. The van der Waals surface area contributed by atoms with E-state index < -0.39 is 5.82 Å². The summed E-state index contributed by atoms with van der Waals surface area (Å²) in [7, 11) is 0. The Hall–Kier alpha value is -0.960. The molecule has 0 aliphatic rings. The predicted octanol–water partition coefficient (Wildman–Crippen LogP) is 2.71. The van der Waals surface area contributed by atoms with Crippen molar-refractivity contribution in [3.8, 4) is 0 Å². The third-order valence-electron chi connectivity index (χ3n) is 1.61. The van der Waals surface area contributed by atoms with E-state index in [2.05, 4.69) is 4.98 Å². The van der Waals surface area contributed by atoms with Crippen molar-refractivity contribution < 1.29 is 9.18 Å². The van der Waals surface area contributed by atoms with Crippen molar-refractivity contribution in [3.63, 3.8) is 0 Å². The van der Waals surface area contributed by atoms with Gasteiger partial charge >= 0.3 is 0 Å². The van der Waals surface area contributed by atoms with E-state index in [9.17, 15) is 9.18 Å². The first kappa shape index (κ1) is 10.1. The van der Waals surface area contributed by atoms with Gasteiger partial charge in [0.15, 0.2) is 11.6 Å². The first-order chi connectivity index (χ1) is 6.02. The maximum Gasteiger partial charge on any atom is 0.168 e. The second-order valence-electron chi connectivity index (χ2n) is 3.01. The summed E-state index contributed by atoms with van der Waals surface area (Å²) in [5.74, 6) is -1.13. The maximum atomic E-state index is 13.0. The molecule has 0 radical (unpaired) electrons. The van der Waals surface area contributed by atoms with E-state index in [1.807, 2.05) is 0 Å². The van der Waals surface area contributed by atoms with Crippen LogP contribution in [0.25, 0.3) is 0 Å². The van der Waals surface area contributed by atoms with Gasteiger partial charge in [0.1, 0.15) is 5.15 Å². The first-order valence-electron chi connectivity index (χ1n) is 3.87. The molecule has 0 saturated carbocycles. The summed E-state index contributed by atoms with van der Waals surface area (Å²) in [6, 6.07) is 1.25. The van der Waals surface area contributed by atoms with Crippen molar-refractivity contribution in [2.24, 2.45) is 5.92 Å². The van der Waals surface area contributed by atoms with E-state index >= 15 is 0 Å². The molecule has 1 aromatic heterocycles. The number of hydrogen-bond acceptors (Lipinski definition) is 2. The van der Waals surface area contributed by atoms with E-state index in [-0.39, 0.29) is 22.4 Å². The molecule has 0 aliphatic carbocycles. The molecule has 70 valence electrons. The second-order valence-corrected chi connectivity index (χ2v) is 3.39. The summed E-state index contributed by atoms with van der Waals surface area (Å²) in [5.41, 5.74) is 0.00926. The van der Waals surface area contributed by atoms with Gasteiger partial charge in [-0.1, -0.05) is 25.4 Å². The van der Waals surface area contributed by atoms with Crippen molar-refractivity contribution in [3.05, 3.63) is 28.8 Å². The van der Waals surface area contributed by atoms with Crippen LogP contribution in [0, 0.1) is 11.7 Å². The van der Waals surface area contributed by atoms with E-state index in [1.54, 1.807) is 13.8 Å². The molecule has 1 aromatic rings. The molecular formula is C9H9ClFNO. The molecule has 0 saturated heterocycles. The highest BCUT2D eigenvalue weighted by atomic mass is 35.5. The smallest absolute Gasteiger partial charge is 0.168 e. The van der Waals surface area contributed by atoms with Crippen molar-refractivity contribution in [2.75, 3.05) is 0 Å². The lowest BCUT2D eigenvalue weighted by atomic mass is 10.0. The lowest BCUT2D eigenvalue weighted by Crippen LogP contribution is -2.10. The van der Waals surface area contributed by atoms with Crippen molar-refractivity contribution in [1.29, 1.82) is 0 Å². The van der Waals surface area contributed by atoms with Crippen LogP contribution in [0.3, 0.4) is 0 Å². The lowest BCUT2D eigenvalue weighted by Gasteiger charge is -2.04. The Morgan fingerprint density at radius 3 is 2.77 bits per heavy atom. The number of halogens is 2. The van der Waals surface area contributed by atoms with Gasteiger partial charge in [-0.15, -0.1) is 0 Å². The Bertz CT molecular complexity index is 338. The van der Waals surface area contributed by atoms with Crippen LogP contribution in [0.2, 0.25) is 5.15 Å². The first-order valence-corrected chi connectivity index (χ1v) is 4.25.